The topological polar surface area (TPSA) is 44.7 Å². The van der Waals surface area contributed by atoms with Gasteiger partial charge < -0.3 is 5.32 Å². The number of fused-ring (bicyclic) bond motifs is 1. The summed E-state index contributed by atoms with van der Waals surface area (Å²) in [5, 5.41) is 8.05. The fraction of sp³-hybridized carbons (Fsp3) is 0.263. The summed E-state index contributed by atoms with van der Waals surface area (Å²) in [6.45, 7) is 0.347. The Morgan fingerprint density at radius 2 is 1.82 bits per heavy atom. The van der Waals surface area contributed by atoms with Crippen molar-refractivity contribution in [2.75, 3.05) is 7.05 Å². The van der Waals surface area contributed by atoms with Crippen molar-refractivity contribution in [3.63, 3.8) is 0 Å². The van der Waals surface area contributed by atoms with Crippen LogP contribution in [0.4, 0.5) is 13.2 Å². The first-order chi connectivity index (χ1) is 13.1. The third-order valence-corrected chi connectivity index (χ3v) is 5.61. The van der Waals surface area contributed by atoms with Crippen LogP contribution in [0.15, 0.2) is 41.5 Å². The molecule has 0 saturated heterocycles. The molecule has 28 heavy (non-hydrogen) atoms. The highest BCUT2D eigenvalue weighted by Crippen LogP contribution is 2.50. The van der Waals surface area contributed by atoms with Gasteiger partial charge in [0.1, 0.15) is 0 Å². The number of hydrogen-bond acceptors (Lipinski definition) is 3. The van der Waals surface area contributed by atoms with Crippen molar-refractivity contribution in [2.45, 2.75) is 24.7 Å². The smallest absolute Gasteiger partial charge is 0.348 e. The van der Waals surface area contributed by atoms with Gasteiger partial charge in [0, 0.05) is 35.6 Å². The van der Waals surface area contributed by atoms with Gasteiger partial charge in [-0.15, -0.1) is 0 Å². The first kappa shape index (κ1) is 19.1. The van der Waals surface area contributed by atoms with Gasteiger partial charge in [0.25, 0.3) is 5.91 Å². The Balaban J connectivity index is 1.79. The molecule has 0 fully saturated rings. The number of benzene rings is 2. The summed E-state index contributed by atoms with van der Waals surface area (Å²) in [4.78, 5) is 11.7. The van der Waals surface area contributed by atoms with Crippen molar-refractivity contribution < 1.29 is 18.0 Å². The van der Waals surface area contributed by atoms with E-state index < -0.39 is 18.1 Å². The van der Waals surface area contributed by atoms with Crippen LogP contribution in [0.1, 0.15) is 33.5 Å². The van der Waals surface area contributed by atoms with Crippen molar-refractivity contribution >= 4 is 34.8 Å². The molecule has 2 aliphatic heterocycles. The van der Waals surface area contributed by atoms with Crippen LogP contribution < -0.4 is 5.32 Å². The highest BCUT2D eigenvalue weighted by molar-refractivity contribution is 6.34. The normalized spacial score (nSPS) is 21.6. The first-order valence-corrected chi connectivity index (χ1v) is 9.13. The number of hydrazone groups is 1. The molecule has 9 heteroatoms. The maximum Gasteiger partial charge on any atom is 0.417 e. The van der Waals surface area contributed by atoms with E-state index in [1.807, 2.05) is 0 Å². The summed E-state index contributed by atoms with van der Waals surface area (Å²) in [5.74, 6) is -0.190. The molecule has 1 N–H and O–H groups in total. The molecular weight excluding hydrogens is 414 g/mol. The number of amides is 1. The molecule has 0 bridgehead atoms. The van der Waals surface area contributed by atoms with E-state index in [2.05, 4.69) is 10.4 Å². The summed E-state index contributed by atoms with van der Waals surface area (Å²) in [5.41, 5.74) is -0.372. The number of hydrogen-bond donors (Lipinski definition) is 1. The second-order valence-electron chi connectivity index (χ2n) is 6.82. The van der Waals surface area contributed by atoms with Crippen LogP contribution in [-0.4, -0.2) is 29.9 Å². The first-order valence-electron chi connectivity index (χ1n) is 8.38. The van der Waals surface area contributed by atoms with E-state index in [1.165, 1.54) is 25.2 Å². The van der Waals surface area contributed by atoms with Crippen LogP contribution in [0, 0.1) is 0 Å². The molecule has 0 spiro atoms. The lowest BCUT2D eigenvalue weighted by atomic mass is 9.83. The van der Waals surface area contributed by atoms with Crippen molar-refractivity contribution in [1.82, 2.24) is 10.3 Å². The monoisotopic (exact) mass is 427 g/mol. The second kappa shape index (κ2) is 6.39. The molecule has 0 aromatic heterocycles. The quantitative estimate of drug-likeness (QED) is 0.752. The summed E-state index contributed by atoms with van der Waals surface area (Å²) >= 11 is 11.9. The third kappa shape index (κ3) is 2.84. The number of carbonyl (C=O) groups excluding carboxylic acids is 1. The van der Waals surface area contributed by atoms with E-state index in [0.717, 1.165) is 10.6 Å². The molecule has 1 atom stereocenters. The summed E-state index contributed by atoms with van der Waals surface area (Å²) < 4.78 is 43.0. The Bertz CT molecular complexity index is 1000. The molecule has 4 nitrogen and oxygen atoms in total. The molecule has 0 saturated carbocycles. The van der Waals surface area contributed by atoms with Gasteiger partial charge >= 0.3 is 6.18 Å². The van der Waals surface area contributed by atoms with E-state index in [0.29, 0.717) is 17.7 Å². The van der Waals surface area contributed by atoms with Crippen LogP contribution >= 0.6 is 23.2 Å². The van der Waals surface area contributed by atoms with Gasteiger partial charge in [-0.1, -0.05) is 29.3 Å². The zero-order valence-corrected chi connectivity index (χ0v) is 16.1. The summed E-state index contributed by atoms with van der Waals surface area (Å²) in [6, 6.07) is 8.85. The second-order valence-corrected chi connectivity index (χ2v) is 7.69. The SMILES string of the molecule is CN1N=C(c2ccc3c(c2)CNC3=O)CC1(c1cc(Cl)cc(Cl)c1)C(F)(F)F. The molecule has 2 aromatic carbocycles. The molecule has 1 amide bonds. The largest absolute Gasteiger partial charge is 0.417 e. The Morgan fingerprint density at radius 1 is 1.14 bits per heavy atom. The van der Waals surface area contributed by atoms with Crippen LogP contribution in [0.3, 0.4) is 0 Å². The minimum Gasteiger partial charge on any atom is -0.348 e. The Labute approximate surface area is 168 Å². The zero-order chi connectivity index (χ0) is 20.3. The number of rotatable bonds is 2. The van der Waals surface area contributed by atoms with Crippen molar-refractivity contribution in [3.05, 3.63) is 68.7 Å². The number of nitrogens with one attached hydrogen (secondary N) is 1. The zero-order valence-electron chi connectivity index (χ0n) is 14.6. The average Bonchev–Trinajstić information content (AvgIpc) is 3.14. The lowest BCUT2D eigenvalue weighted by molar-refractivity contribution is -0.227. The van der Waals surface area contributed by atoms with Crippen molar-refractivity contribution in [1.29, 1.82) is 0 Å². The maximum atomic E-state index is 14.3. The molecule has 4 rings (SSSR count). The summed E-state index contributed by atoms with van der Waals surface area (Å²) in [7, 11) is 1.29. The van der Waals surface area contributed by atoms with Crippen molar-refractivity contribution in [2.24, 2.45) is 5.10 Å². The van der Waals surface area contributed by atoms with Crippen molar-refractivity contribution in [3.8, 4) is 0 Å². The minimum absolute atomic E-state index is 0.0724. The minimum atomic E-state index is -4.63. The van der Waals surface area contributed by atoms with Gasteiger partial charge in [-0.25, -0.2) is 0 Å². The van der Waals surface area contributed by atoms with Gasteiger partial charge in [0.15, 0.2) is 5.54 Å². The van der Waals surface area contributed by atoms with E-state index in [4.69, 9.17) is 23.2 Å². The van der Waals surface area contributed by atoms with E-state index in [9.17, 15) is 18.0 Å². The summed E-state index contributed by atoms with van der Waals surface area (Å²) in [6.07, 6.45) is -5.03. The molecule has 0 radical (unpaired) electrons. The Morgan fingerprint density at radius 3 is 2.46 bits per heavy atom. The molecule has 2 aliphatic rings. The molecule has 2 heterocycles. The predicted molar refractivity (Wildman–Crippen MR) is 101 cm³/mol. The van der Waals surface area contributed by atoms with Crippen LogP contribution in [0.2, 0.25) is 10.0 Å². The number of nitrogens with zero attached hydrogens (tertiary/aromatic N) is 2. The number of carbonyl (C=O) groups is 1. The van der Waals surface area contributed by atoms with E-state index in [-0.39, 0.29) is 27.2 Å². The fourth-order valence-corrected chi connectivity index (χ4v) is 4.28. The standard InChI is InChI=1S/C19H14Cl2F3N3O/c1-27-18(19(22,23)24,12-5-13(20)7-14(21)6-12)8-16(26-27)10-2-3-15-11(4-10)9-25-17(15)28/h2-7H,8-9H2,1H3,(H,25,28). The average molecular weight is 428 g/mol. The third-order valence-electron chi connectivity index (χ3n) is 5.18. The fourth-order valence-electron chi connectivity index (χ4n) is 3.76. The number of alkyl halides is 3. The van der Waals surface area contributed by atoms with Crippen LogP contribution in [-0.2, 0) is 12.1 Å². The highest BCUT2D eigenvalue weighted by atomic mass is 35.5. The van der Waals surface area contributed by atoms with Gasteiger partial charge in [-0.05, 0) is 47.0 Å². The van der Waals surface area contributed by atoms with Crippen LogP contribution in [0.5, 0.6) is 0 Å². The molecule has 1 unspecified atom stereocenters. The molecule has 0 aliphatic carbocycles. The van der Waals surface area contributed by atoms with Gasteiger partial charge in [-0.2, -0.15) is 18.3 Å². The Kier molecular flexibility index (Phi) is 4.35. The number of halogens is 5. The molecular formula is C19H14Cl2F3N3O. The maximum absolute atomic E-state index is 14.3. The van der Waals surface area contributed by atoms with E-state index >= 15 is 0 Å². The molecule has 146 valence electrons. The van der Waals surface area contributed by atoms with Crippen LogP contribution in [0.25, 0.3) is 0 Å². The highest BCUT2D eigenvalue weighted by Gasteiger charge is 2.62. The lowest BCUT2D eigenvalue weighted by Crippen LogP contribution is -2.50. The van der Waals surface area contributed by atoms with Gasteiger partial charge in [0.05, 0.1) is 5.71 Å². The van der Waals surface area contributed by atoms with Gasteiger partial charge in [-0.3, -0.25) is 9.80 Å². The lowest BCUT2D eigenvalue weighted by Gasteiger charge is -2.37. The predicted octanol–water partition coefficient (Wildman–Crippen LogP) is 4.73. The Hall–Kier alpha value is -2.25. The molecule has 2 aromatic rings. The van der Waals surface area contributed by atoms with Gasteiger partial charge in [0.2, 0.25) is 0 Å². The van der Waals surface area contributed by atoms with E-state index in [1.54, 1.807) is 18.2 Å².